The SMILES string of the molecule is O=C(O)[C@@H]1C[C@@]1(C(=O)O)c1ccccc1. The van der Waals surface area contributed by atoms with Crippen LogP contribution in [0.1, 0.15) is 12.0 Å². The highest BCUT2D eigenvalue weighted by atomic mass is 16.4. The first-order chi connectivity index (χ1) is 7.09. The maximum atomic E-state index is 11.1. The Labute approximate surface area is 86.2 Å². The average Bonchev–Trinajstić information content (AvgIpc) is 2.95. The quantitative estimate of drug-likeness (QED) is 0.776. The molecule has 4 heteroatoms. The Morgan fingerprint density at radius 1 is 1.20 bits per heavy atom. The number of carbonyl (C=O) groups is 2. The molecular weight excluding hydrogens is 196 g/mol. The minimum atomic E-state index is -1.20. The van der Waals surface area contributed by atoms with Crippen LogP contribution in [0, 0.1) is 5.92 Å². The van der Waals surface area contributed by atoms with Crippen molar-refractivity contribution in [3.8, 4) is 0 Å². The molecule has 1 saturated carbocycles. The first kappa shape index (κ1) is 9.71. The van der Waals surface area contributed by atoms with Gasteiger partial charge in [-0.1, -0.05) is 30.3 Å². The van der Waals surface area contributed by atoms with Crippen LogP contribution in [0.5, 0.6) is 0 Å². The third-order valence-electron chi connectivity index (χ3n) is 2.93. The topological polar surface area (TPSA) is 74.6 Å². The van der Waals surface area contributed by atoms with E-state index < -0.39 is 23.3 Å². The second-order valence-electron chi connectivity index (χ2n) is 3.74. The predicted molar refractivity (Wildman–Crippen MR) is 51.5 cm³/mol. The molecule has 4 nitrogen and oxygen atoms in total. The van der Waals surface area contributed by atoms with Crippen LogP contribution in [0.3, 0.4) is 0 Å². The van der Waals surface area contributed by atoms with Gasteiger partial charge in [0.2, 0.25) is 0 Å². The van der Waals surface area contributed by atoms with Gasteiger partial charge >= 0.3 is 11.9 Å². The minimum Gasteiger partial charge on any atom is -0.481 e. The maximum Gasteiger partial charge on any atom is 0.315 e. The van der Waals surface area contributed by atoms with Crippen molar-refractivity contribution in [1.29, 1.82) is 0 Å². The molecule has 1 aliphatic carbocycles. The molecule has 0 spiro atoms. The summed E-state index contributed by atoms with van der Waals surface area (Å²) in [6.45, 7) is 0. The van der Waals surface area contributed by atoms with Gasteiger partial charge in [0.1, 0.15) is 5.41 Å². The highest BCUT2D eigenvalue weighted by Gasteiger charge is 2.65. The Bertz CT molecular complexity index is 412. The summed E-state index contributed by atoms with van der Waals surface area (Å²) in [6, 6.07) is 8.54. The van der Waals surface area contributed by atoms with E-state index in [1.807, 2.05) is 0 Å². The third kappa shape index (κ3) is 1.29. The van der Waals surface area contributed by atoms with Gasteiger partial charge in [-0.25, -0.2) is 0 Å². The van der Waals surface area contributed by atoms with Crippen LogP contribution in [0.2, 0.25) is 0 Å². The Morgan fingerprint density at radius 3 is 2.20 bits per heavy atom. The van der Waals surface area contributed by atoms with Crippen LogP contribution in [0.4, 0.5) is 0 Å². The molecule has 0 aromatic heterocycles. The molecule has 0 amide bonds. The summed E-state index contributed by atoms with van der Waals surface area (Å²) in [7, 11) is 0. The molecule has 15 heavy (non-hydrogen) atoms. The van der Waals surface area contributed by atoms with Crippen molar-refractivity contribution in [2.75, 3.05) is 0 Å². The number of aliphatic carboxylic acids is 2. The lowest BCUT2D eigenvalue weighted by atomic mass is 9.93. The molecule has 2 N–H and O–H groups in total. The van der Waals surface area contributed by atoms with Crippen molar-refractivity contribution in [2.24, 2.45) is 5.92 Å². The number of carboxylic acids is 2. The van der Waals surface area contributed by atoms with Gasteiger partial charge in [0.05, 0.1) is 5.92 Å². The van der Waals surface area contributed by atoms with E-state index in [1.54, 1.807) is 30.3 Å². The molecule has 0 unspecified atom stereocenters. The molecule has 0 aliphatic heterocycles. The molecule has 2 atom stereocenters. The van der Waals surface area contributed by atoms with Crippen molar-refractivity contribution < 1.29 is 19.8 Å². The van der Waals surface area contributed by atoms with E-state index in [2.05, 4.69) is 0 Å². The van der Waals surface area contributed by atoms with E-state index in [0.29, 0.717) is 5.56 Å². The molecule has 1 aromatic carbocycles. The fourth-order valence-corrected chi connectivity index (χ4v) is 1.98. The van der Waals surface area contributed by atoms with Crippen molar-refractivity contribution in [3.05, 3.63) is 35.9 Å². The molecule has 0 heterocycles. The van der Waals surface area contributed by atoms with E-state index in [1.165, 1.54) is 0 Å². The molecule has 1 aromatic rings. The molecule has 1 aliphatic rings. The first-order valence-electron chi connectivity index (χ1n) is 4.61. The normalized spacial score (nSPS) is 28.4. The van der Waals surface area contributed by atoms with Crippen LogP contribution >= 0.6 is 0 Å². The van der Waals surface area contributed by atoms with Gasteiger partial charge in [0.25, 0.3) is 0 Å². The fraction of sp³-hybridized carbons (Fsp3) is 0.273. The lowest BCUT2D eigenvalue weighted by Crippen LogP contribution is -2.25. The summed E-state index contributed by atoms with van der Waals surface area (Å²) in [4.78, 5) is 21.9. The summed E-state index contributed by atoms with van der Waals surface area (Å²) in [5, 5.41) is 17.9. The van der Waals surface area contributed by atoms with Crippen LogP contribution in [-0.4, -0.2) is 22.2 Å². The van der Waals surface area contributed by atoms with Gasteiger partial charge < -0.3 is 10.2 Å². The predicted octanol–water partition coefficient (Wildman–Crippen LogP) is 1.11. The van der Waals surface area contributed by atoms with Gasteiger partial charge in [-0.2, -0.15) is 0 Å². The van der Waals surface area contributed by atoms with Crippen LogP contribution in [-0.2, 0) is 15.0 Å². The Morgan fingerprint density at radius 2 is 1.80 bits per heavy atom. The fourth-order valence-electron chi connectivity index (χ4n) is 1.98. The maximum absolute atomic E-state index is 11.1. The van der Waals surface area contributed by atoms with Crippen molar-refractivity contribution in [2.45, 2.75) is 11.8 Å². The highest BCUT2D eigenvalue weighted by Crippen LogP contribution is 2.54. The summed E-state index contributed by atoms with van der Waals surface area (Å²) in [5.74, 6) is -2.89. The average molecular weight is 206 g/mol. The Hall–Kier alpha value is -1.84. The lowest BCUT2D eigenvalue weighted by Gasteiger charge is -2.10. The standard InChI is InChI=1S/C11H10O4/c12-9(13)8-6-11(8,10(14)15)7-4-2-1-3-5-7/h1-5,8H,6H2,(H,12,13)(H,14,15)/t8-,11+/m0/s1. The minimum absolute atomic E-state index is 0.182. The molecule has 78 valence electrons. The summed E-state index contributed by atoms with van der Waals surface area (Å²) < 4.78 is 0. The zero-order valence-electron chi connectivity index (χ0n) is 7.88. The molecular formula is C11H10O4. The zero-order chi connectivity index (χ0) is 11.1. The van der Waals surface area contributed by atoms with Crippen LogP contribution < -0.4 is 0 Å². The van der Waals surface area contributed by atoms with Gasteiger partial charge in [-0.05, 0) is 12.0 Å². The van der Waals surface area contributed by atoms with Gasteiger partial charge in [0, 0.05) is 0 Å². The van der Waals surface area contributed by atoms with Crippen LogP contribution in [0.15, 0.2) is 30.3 Å². The molecule has 0 bridgehead atoms. The number of hydrogen-bond acceptors (Lipinski definition) is 2. The first-order valence-corrected chi connectivity index (χ1v) is 4.61. The highest BCUT2D eigenvalue weighted by molar-refractivity contribution is 5.94. The largest absolute Gasteiger partial charge is 0.481 e. The van der Waals surface area contributed by atoms with E-state index in [0.717, 1.165) is 0 Å². The Kier molecular flexibility index (Phi) is 2.00. The number of carboxylic acid groups (broad SMARTS) is 2. The lowest BCUT2D eigenvalue weighted by molar-refractivity contribution is -0.145. The molecule has 0 saturated heterocycles. The van der Waals surface area contributed by atoms with Crippen molar-refractivity contribution in [3.63, 3.8) is 0 Å². The van der Waals surface area contributed by atoms with E-state index in [9.17, 15) is 9.59 Å². The van der Waals surface area contributed by atoms with E-state index >= 15 is 0 Å². The number of rotatable bonds is 3. The van der Waals surface area contributed by atoms with E-state index in [4.69, 9.17) is 10.2 Å². The molecule has 0 radical (unpaired) electrons. The second-order valence-corrected chi connectivity index (χ2v) is 3.74. The summed E-state index contributed by atoms with van der Waals surface area (Å²) >= 11 is 0. The summed E-state index contributed by atoms with van der Waals surface area (Å²) in [6.07, 6.45) is 0.182. The van der Waals surface area contributed by atoms with E-state index in [-0.39, 0.29) is 6.42 Å². The second kappa shape index (κ2) is 3.08. The van der Waals surface area contributed by atoms with Gasteiger partial charge in [0.15, 0.2) is 0 Å². The Balaban J connectivity index is 2.40. The van der Waals surface area contributed by atoms with Gasteiger partial charge in [-0.3, -0.25) is 9.59 Å². The summed E-state index contributed by atoms with van der Waals surface area (Å²) in [5.41, 5.74) is -0.627. The molecule has 2 rings (SSSR count). The van der Waals surface area contributed by atoms with Crippen molar-refractivity contribution >= 4 is 11.9 Å². The molecule has 1 fully saturated rings. The number of hydrogen-bond donors (Lipinski definition) is 2. The third-order valence-corrected chi connectivity index (χ3v) is 2.93. The smallest absolute Gasteiger partial charge is 0.315 e. The monoisotopic (exact) mass is 206 g/mol. The van der Waals surface area contributed by atoms with Crippen LogP contribution in [0.25, 0.3) is 0 Å². The number of benzene rings is 1. The zero-order valence-corrected chi connectivity index (χ0v) is 7.88. The van der Waals surface area contributed by atoms with Gasteiger partial charge in [-0.15, -0.1) is 0 Å². The van der Waals surface area contributed by atoms with Crippen molar-refractivity contribution in [1.82, 2.24) is 0 Å².